The van der Waals surface area contributed by atoms with Crippen molar-refractivity contribution in [1.29, 1.82) is 0 Å². The van der Waals surface area contributed by atoms with Crippen LogP contribution in [0, 0.1) is 13.8 Å². The number of aryl methyl sites for hydroxylation is 2. The largest absolute Gasteiger partial charge is 0.496 e. The van der Waals surface area contributed by atoms with Gasteiger partial charge in [0.1, 0.15) is 12.4 Å². The molecule has 0 aromatic heterocycles. The van der Waals surface area contributed by atoms with Gasteiger partial charge in [0.05, 0.1) is 7.11 Å². The van der Waals surface area contributed by atoms with Crippen LogP contribution in [-0.4, -0.2) is 31.3 Å². The summed E-state index contributed by atoms with van der Waals surface area (Å²) in [6.45, 7) is 4.08. The lowest BCUT2D eigenvalue weighted by Crippen LogP contribution is -2.28. The van der Waals surface area contributed by atoms with E-state index < -0.39 is 6.61 Å². The number of benzene rings is 1. The van der Waals surface area contributed by atoms with Gasteiger partial charge in [0.15, 0.2) is 0 Å². The third-order valence-corrected chi connectivity index (χ3v) is 2.60. The van der Waals surface area contributed by atoms with E-state index in [0.29, 0.717) is 6.54 Å². The van der Waals surface area contributed by atoms with Gasteiger partial charge in [-0.05, 0) is 37.0 Å². The third-order valence-electron chi connectivity index (χ3n) is 2.60. The van der Waals surface area contributed by atoms with Crippen LogP contribution in [0.25, 0.3) is 0 Å². The number of ether oxygens (including phenoxy) is 1. The predicted molar refractivity (Wildman–Crippen MR) is 66.3 cm³/mol. The number of hydrogen-bond acceptors (Lipinski definition) is 3. The second-order valence-electron chi connectivity index (χ2n) is 4.02. The van der Waals surface area contributed by atoms with Crippen molar-refractivity contribution in [2.75, 3.05) is 20.3 Å². The maximum absolute atomic E-state index is 10.9. The van der Waals surface area contributed by atoms with Gasteiger partial charge in [0, 0.05) is 6.54 Å². The lowest BCUT2D eigenvalue weighted by Gasteiger charge is -2.11. The Balaban J connectivity index is 2.64. The molecule has 0 radical (unpaired) electrons. The van der Waals surface area contributed by atoms with Gasteiger partial charge < -0.3 is 15.2 Å². The van der Waals surface area contributed by atoms with Crippen molar-refractivity contribution in [2.45, 2.75) is 20.3 Å². The first-order chi connectivity index (χ1) is 8.08. The monoisotopic (exact) mass is 237 g/mol. The topological polar surface area (TPSA) is 58.6 Å². The smallest absolute Gasteiger partial charge is 0.245 e. The summed E-state index contributed by atoms with van der Waals surface area (Å²) in [5, 5.41) is 11.2. The summed E-state index contributed by atoms with van der Waals surface area (Å²) in [7, 11) is 1.66. The Morgan fingerprint density at radius 3 is 2.41 bits per heavy atom. The molecule has 0 aliphatic heterocycles. The average molecular weight is 237 g/mol. The van der Waals surface area contributed by atoms with E-state index in [4.69, 9.17) is 9.84 Å². The van der Waals surface area contributed by atoms with Gasteiger partial charge in [-0.15, -0.1) is 0 Å². The van der Waals surface area contributed by atoms with Crippen molar-refractivity contribution >= 4 is 5.91 Å². The van der Waals surface area contributed by atoms with Crippen molar-refractivity contribution in [1.82, 2.24) is 5.32 Å². The molecular formula is C13H19NO3. The molecule has 0 saturated heterocycles. The fraction of sp³-hybridized carbons (Fsp3) is 0.462. The molecule has 0 spiro atoms. The summed E-state index contributed by atoms with van der Waals surface area (Å²) in [6.07, 6.45) is 0.747. The Kier molecular flexibility index (Phi) is 4.97. The van der Waals surface area contributed by atoms with Crippen LogP contribution in [0.1, 0.15) is 16.7 Å². The Bertz CT molecular complexity index is 379. The summed E-state index contributed by atoms with van der Waals surface area (Å²) >= 11 is 0. The summed E-state index contributed by atoms with van der Waals surface area (Å²) < 4.78 is 5.29. The number of amides is 1. The van der Waals surface area contributed by atoms with Gasteiger partial charge in [-0.2, -0.15) is 0 Å². The summed E-state index contributed by atoms with van der Waals surface area (Å²) in [5.41, 5.74) is 3.34. The quantitative estimate of drug-likeness (QED) is 0.802. The zero-order valence-electron chi connectivity index (χ0n) is 10.5. The summed E-state index contributed by atoms with van der Waals surface area (Å²) in [4.78, 5) is 10.9. The summed E-state index contributed by atoms with van der Waals surface area (Å²) in [6, 6.07) is 4.11. The van der Waals surface area contributed by atoms with Gasteiger partial charge in [0.25, 0.3) is 0 Å². The van der Waals surface area contributed by atoms with Crippen LogP contribution in [0.2, 0.25) is 0 Å². The molecule has 0 bridgehead atoms. The highest BCUT2D eigenvalue weighted by Gasteiger charge is 2.05. The molecule has 0 aliphatic carbocycles. The number of nitrogens with one attached hydrogen (secondary N) is 1. The minimum absolute atomic E-state index is 0.341. The Morgan fingerprint density at radius 1 is 1.35 bits per heavy atom. The number of carbonyl (C=O) groups is 1. The van der Waals surface area contributed by atoms with Crippen molar-refractivity contribution in [2.24, 2.45) is 0 Å². The molecule has 0 heterocycles. The summed E-state index contributed by atoms with van der Waals surface area (Å²) in [5.74, 6) is 0.570. The van der Waals surface area contributed by atoms with E-state index in [2.05, 4.69) is 17.4 Å². The number of methoxy groups -OCH3 is 1. The zero-order valence-corrected chi connectivity index (χ0v) is 10.5. The van der Waals surface area contributed by atoms with Crippen LogP contribution in [0.4, 0.5) is 0 Å². The minimum atomic E-state index is -0.458. The van der Waals surface area contributed by atoms with Crippen LogP contribution < -0.4 is 10.1 Å². The molecule has 1 aromatic carbocycles. The van der Waals surface area contributed by atoms with E-state index in [1.54, 1.807) is 7.11 Å². The van der Waals surface area contributed by atoms with Crippen LogP contribution in [0.3, 0.4) is 0 Å². The van der Waals surface area contributed by atoms with Crippen molar-refractivity contribution in [3.8, 4) is 5.75 Å². The number of aliphatic hydroxyl groups excluding tert-OH is 1. The molecule has 0 saturated carbocycles. The Hall–Kier alpha value is -1.55. The molecule has 0 aliphatic rings. The first kappa shape index (κ1) is 13.5. The number of rotatable bonds is 5. The lowest BCUT2D eigenvalue weighted by atomic mass is 10.0. The predicted octanol–water partition coefficient (Wildman–Crippen LogP) is 0.963. The number of hydrogen-bond donors (Lipinski definition) is 2. The lowest BCUT2D eigenvalue weighted by molar-refractivity contribution is -0.123. The van der Waals surface area contributed by atoms with Gasteiger partial charge in [-0.3, -0.25) is 4.79 Å². The van der Waals surface area contributed by atoms with Crippen molar-refractivity contribution in [3.05, 3.63) is 28.8 Å². The number of carbonyl (C=O) groups excluding carboxylic acids is 1. The van der Waals surface area contributed by atoms with Crippen LogP contribution >= 0.6 is 0 Å². The first-order valence-corrected chi connectivity index (χ1v) is 5.60. The molecule has 2 N–H and O–H groups in total. The molecule has 94 valence electrons. The van der Waals surface area contributed by atoms with Crippen LogP contribution in [0.5, 0.6) is 5.75 Å². The van der Waals surface area contributed by atoms with E-state index in [1.807, 2.05) is 13.8 Å². The van der Waals surface area contributed by atoms with Crippen molar-refractivity contribution in [3.63, 3.8) is 0 Å². The number of aliphatic hydroxyl groups is 1. The normalized spacial score (nSPS) is 10.1. The van der Waals surface area contributed by atoms with E-state index in [1.165, 1.54) is 0 Å². The minimum Gasteiger partial charge on any atom is -0.496 e. The Labute approximate surface area is 102 Å². The van der Waals surface area contributed by atoms with E-state index in [0.717, 1.165) is 28.9 Å². The third kappa shape index (κ3) is 3.75. The highest BCUT2D eigenvalue weighted by molar-refractivity contribution is 5.76. The van der Waals surface area contributed by atoms with Crippen molar-refractivity contribution < 1.29 is 14.6 Å². The van der Waals surface area contributed by atoms with E-state index in [9.17, 15) is 4.79 Å². The fourth-order valence-electron chi connectivity index (χ4n) is 1.91. The molecular weight excluding hydrogens is 218 g/mol. The Morgan fingerprint density at radius 2 is 1.94 bits per heavy atom. The van der Waals surface area contributed by atoms with Gasteiger partial charge in [-0.25, -0.2) is 0 Å². The molecule has 0 fully saturated rings. The standard InChI is InChI=1S/C13H19NO3/c1-9-6-11(4-5-14-12(16)8-15)7-10(2)13(9)17-3/h6-7,15H,4-5,8H2,1-3H3,(H,14,16). The molecule has 1 aromatic rings. The van der Waals surface area contributed by atoms with Gasteiger partial charge in [-0.1, -0.05) is 12.1 Å². The van der Waals surface area contributed by atoms with E-state index >= 15 is 0 Å². The maximum Gasteiger partial charge on any atom is 0.245 e. The molecule has 0 atom stereocenters. The SMILES string of the molecule is COc1c(C)cc(CCNC(=O)CO)cc1C. The molecule has 0 unspecified atom stereocenters. The second-order valence-corrected chi connectivity index (χ2v) is 4.02. The fourth-order valence-corrected chi connectivity index (χ4v) is 1.91. The van der Waals surface area contributed by atoms with Crippen LogP contribution in [0.15, 0.2) is 12.1 Å². The molecule has 4 nitrogen and oxygen atoms in total. The molecule has 4 heteroatoms. The molecule has 17 heavy (non-hydrogen) atoms. The second kappa shape index (κ2) is 6.25. The van der Waals surface area contributed by atoms with Crippen LogP contribution in [-0.2, 0) is 11.2 Å². The zero-order chi connectivity index (χ0) is 12.8. The molecule has 1 amide bonds. The highest BCUT2D eigenvalue weighted by atomic mass is 16.5. The van der Waals surface area contributed by atoms with E-state index in [-0.39, 0.29) is 5.91 Å². The van der Waals surface area contributed by atoms with Gasteiger partial charge in [0.2, 0.25) is 5.91 Å². The molecule has 1 rings (SSSR count). The maximum atomic E-state index is 10.9. The average Bonchev–Trinajstić information content (AvgIpc) is 2.28. The van der Waals surface area contributed by atoms with Gasteiger partial charge >= 0.3 is 0 Å². The highest BCUT2D eigenvalue weighted by Crippen LogP contribution is 2.24. The first-order valence-electron chi connectivity index (χ1n) is 5.60.